The molecule has 13 heteroatoms. The van der Waals surface area contributed by atoms with Gasteiger partial charge in [-0.1, -0.05) is 23.4 Å². The van der Waals surface area contributed by atoms with Crippen molar-refractivity contribution in [1.82, 2.24) is 40.3 Å². The minimum atomic E-state index is -1.20. The summed E-state index contributed by atoms with van der Waals surface area (Å²) in [6.45, 7) is 9.40. The Kier molecular flexibility index (Phi) is 10.7. The Morgan fingerprint density at radius 3 is 2.68 bits per heavy atom. The summed E-state index contributed by atoms with van der Waals surface area (Å²) in [6, 6.07) is 13.3. The highest BCUT2D eigenvalue weighted by Gasteiger charge is 2.27. The minimum Gasteiger partial charge on any atom is -0.493 e. The topological polar surface area (TPSA) is 156 Å². The molecule has 2 aromatic carbocycles. The van der Waals surface area contributed by atoms with Crippen LogP contribution in [0.15, 0.2) is 54.7 Å². The molecule has 3 amide bonds. The lowest BCUT2D eigenvalue weighted by Crippen LogP contribution is -2.53. The summed E-state index contributed by atoms with van der Waals surface area (Å²) >= 11 is 0. The highest BCUT2D eigenvalue weighted by atomic mass is 16.5. The van der Waals surface area contributed by atoms with Gasteiger partial charge in [0.2, 0.25) is 5.91 Å². The number of amides is 3. The lowest BCUT2D eigenvalue weighted by molar-refractivity contribution is -0.125. The summed E-state index contributed by atoms with van der Waals surface area (Å²) in [4.78, 5) is 41.9. The standard InChI is InChI=1S/C34H42N8O5/c1-22-9-10-27-19-30(22)47-16-6-13-41-21-29(37-39-41)11-14-40(15-12-35-33(45)31(25(4)43)36-32(27)44)34(46)28-8-5-7-26(18-28)20-42-24(3)17-23(2)38-42/h5,7-10,17-19,21,25,31,43H,6,11-16,20H2,1-4H3,(H,35,45)(H,36,44)/t25-,31+/m1/s1. The quantitative estimate of drug-likeness (QED) is 0.306. The van der Waals surface area contributed by atoms with Crippen LogP contribution in [0, 0.1) is 20.8 Å². The fourth-order valence-electron chi connectivity index (χ4n) is 5.48. The summed E-state index contributed by atoms with van der Waals surface area (Å²) in [6.07, 6.45) is 1.81. The second-order valence-corrected chi connectivity index (χ2v) is 12.0. The van der Waals surface area contributed by atoms with Gasteiger partial charge in [0.15, 0.2) is 0 Å². The van der Waals surface area contributed by atoms with Crippen molar-refractivity contribution in [2.45, 2.75) is 65.8 Å². The molecule has 0 radical (unpaired) electrons. The van der Waals surface area contributed by atoms with E-state index in [1.54, 1.807) is 33.8 Å². The number of aromatic nitrogens is 5. The number of fused-ring (bicyclic) bond motifs is 4. The van der Waals surface area contributed by atoms with Gasteiger partial charge in [0.25, 0.3) is 11.8 Å². The van der Waals surface area contributed by atoms with Gasteiger partial charge in [-0.15, -0.1) is 5.10 Å². The van der Waals surface area contributed by atoms with Crippen molar-refractivity contribution in [3.8, 4) is 5.75 Å². The van der Waals surface area contributed by atoms with Crippen molar-refractivity contribution in [3.63, 3.8) is 0 Å². The summed E-state index contributed by atoms with van der Waals surface area (Å²) in [5.74, 6) is -0.714. The molecule has 0 saturated carbocycles. The number of rotatable bonds is 4. The third kappa shape index (κ3) is 8.61. The molecule has 0 saturated heterocycles. The largest absolute Gasteiger partial charge is 0.493 e. The lowest BCUT2D eigenvalue weighted by atomic mass is 10.1. The van der Waals surface area contributed by atoms with Crippen molar-refractivity contribution >= 4 is 17.7 Å². The van der Waals surface area contributed by atoms with E-state index in [2.05, 4.69) is 26.0 Å². The Bertz CT molecular complexity index is 1730. The van der Waals surface area contributed by atoms with E-state index in [0.717, 1.165) is 28.2 Å². The Balaban J connectivity index is 1.35. The molecule has 4 bridgehead atoms. The molecule has 3 N–H and O–H groups in total. The maximum absolute atomic E-state index is 13.9. The zero-order valence-corrected chi connectivity index (χ0v) is 27.3. The number of aryl methyl sites for hydroxylation is 4. The van der Waals surface area contributed by atoms with Crippen LogP contribution in [0.4, 0.5) is 0 Å². The molecule has 2 atom stereocenters. The third-order valence-electron chi connectivity index (χ3n) is 8.09. The number of aliphatic hydroxyl groups is 1. The van der Waals surface area contributed by atoms with Crippen LogP contribution in [0.5, 0.6) is 5.75 Å². The molecule has 0 aliphatic carbocycles. The Morgan fingerprint density at radius 2 is 1.91 bits per heavy atom. The number of nitrogens with zero attached hydrogens (tertiary/aromatic N) is 6. The maximum Gasteiger partial charge on any atom is 0.253 e. The van der Waals surface area contributed by atoms with E-state index in [-0.39, 0.29) is 19.0 Å². The second kappa shape index (κ2) is 15.0. The maximum atomic E-state index is 13.9. The van der Waals surface area contributed by atoms with Gasteiger partial charge in [0.05, 0.1) is 30.6 Å². The highest BCUT2D eigenvalue weighted by Crippen LogP contribution is 2.20. The smallest absolute Gasteiger partial charge is 0.253 e. The van der Waals surface area contributed by atoms with Crippen LogP contribution in [0.1, 0.15) is 62.3 Å². The zero-order chi connectivity index (χ0) is 33.5. The van der Waals surface area contributed by atoms with Crippen LogP contribution in [-0.2, 0) is 24.3 Å². The predicted octanol–water partition coefficient (Wildman–Crippen LogP) is 2.21. The molecule has 2 aromatic heterocycles. The van der Waals surface area contributed by atoms with Crippen molar-refractivity contribution < 1.29 is 24.2 Å². The highest BCUT2D eigenvalue weighted by molar-refractivity contribution is 5.98. The first-order valence-corrected chi connectivity index (χ1v) is 15.9. The van der Waals surface area contributed by atoms with Crippen molar-refractivity contribution in [2.24, 2.45) is 0 Å². The summed E-state index contributed by atoms with van der Waals surface area (Å²) in [7, 11) is 0. The van der Waals surface area contributed by atoms with Gasteiger partial charge < -0.3 is 25.4 Å². The molecule has 13 nitrogen and oxygen atoms in total. The van der Waals surface area contributed by atoms with Gasteiger partial charge >= 0.3 is 0 Å². The average Bonchev–Trinajstić information content (AvgIpc) is 3.63. The number of hydrogen-bond acceptors (Lipinski definition) is 8. The zero-order valence-electron chi connectivity index (χ0n) is 27.3. The SMILES string of the molecule is Cc1cc(C)n(Cc2cccc(C(=O)N3CCNC(=O)[C@H]([C@@H](C)O)NC(=O)c4ccc(C)c(c4)OCCCn4cc(nn4)CC3)c2)n1. The van der Waals surface area contributed by atoms with E-state index in [1.807, 2.05) is 55.9 Å². The Labute approximate surface area is 273 Å². The fraction of sp³-hybridized carbons (Fsp3) is 0.412. The minimum absolute atomic E-state index is 0.102. The van der Waals surface area contributed by atoms with Gasteiger partial charge in [0, 0.05) is 62.0 Å². The molecule has 3 heterocycles. The number of benzene rings is 2. The third-order valence-corrected chi connectivity index (χ3v) is 8.09. The van der Waals surface area contributed by atoms with Gasteiger partial charge in [-0.25, -0.2) is 0 Å². The lowest BCUT2D eigenvalue weighted by Gasteiger charge is -2.25. The second-order valence-electron chi connectivity index (χ2n) is 12.0. The number of hydrogen-bond donors (Lipinski definition) is 3. The molecule has 1 aliphatic heterocycles. The first-order chi connectivity index (χ1) is 22.6. The molecule has 5 rings (SSSR count). The molecule has 4 aromatic rings. The Morgan fingerprint density at radius 1 is 1.09 bits per heavy atom. The van der Waals surface area contributed by atoms with Crippen molar-refractivity contribution in [1.29, 1.82) is 0 Å². The van der Waals surface area contributed by atoms with E-state index in [0.29, 0.717) is 56.0 Å². The van der Waals surface area contributed by atoms with Crippen LogP contribution in [0.25, 0.3) is 0 Å². The summed E-state index contributed by atoms with van der Waals surface area (Å²) < 4.78 is 9.61. The van der Waals surface area contributed by atoms with Crippen LogP contribution in [0.2, 0.25) is 0 Å². The number of aliphatic hydroxyl groups excluding tert-OH is 1. The molecule has 0 fully saturated rings. The van der Waals surface area contributed by atoms with Crippen LogP contribution < -0.4 is 15.4 Å². The van der Waals surface area contributed by atoms with Gasteiger partial charge in [-0.05, 0) is 69.2 Å². The molecule has 0 unspecified atom stereocenters. The number of carbonyl (C=O) groups is 3. The van der Waals surface area contributed by atoms with E-state index in [4.69, 9.17) is 4.74 Å². The molecule has 248 valence electrons. The Hall–Kier alpha value is -5.04. The normalized spacial score (nSPS) is 17.3. The van der Waals surface area contributed by atoms with E-state index in [9.17, 15) is 19.5 Å². The number of nitrogens with one attached hydrogen (secondary N) is 2. The molecular weight excluding hydrogens is 600 g/mol. The van der Waals surface area contributed by atoms with Crippen LogP contribution >= 0.6 is 0 Å². The molecule has 47 heavy (non-hydrogen) atoms. The van der Waals surface area contributed by atoms with Crippen molar-refractivity contribution in [2.75, 3.05) is 26.2 Å². The van der Waals surface area contributed by atoms with E-state index >= 15 is 0 Å². The first kappa shape index (κ1) is 33.3. The molecule has 0 spiro atoms. The van der Waals surface area contributed by atoms with Crippen LogP contribution in [0.3, 0.4) is 0 Å². The predicted molar refractivity (Wildman–Crippen MR) is 174 cm³/mol. The number of carbonyl (C=O) groups excluding carboxylic acids is 3. The van der Waals surface area contributed by atoms with Gasteiger partial charge in [0.1, 0.15) is 11.8 Å². The van der Waals surface area contributed by atoms with E-state index in [1.165, 1.54) is 6.92 Å². The first-order valence-electron chi connectivity index (χ1n) is 15.9. The summed E-state index contributed by atoms with van der Waals surface area (Å²) in [5, 5.41) is 28.9. The van der Waals surface area contributed by atoms with Crippen LogP contribution in [-0.4, -0.2) is 90.9 Å². The monoisotopic (exact) mass is 642 g/mol. The molecule has 1 aliphatic rings. The summed E-state index contributed by atoms with van der Waals surface area (Å²) in [5.41, 5.74) is 5.32. The molecular formula is C34H42N8O5. The average molecular weight is 643 g/mol. The van der Waals surface area contributed by atoms with Gasteiger partial charge in [-0.2, -0.15) is 5.10 Å². The number of ether oxygens (including phenoxy) is 1. The van der Waals surface area contributed by atoms with E-state index < -0.39 is 24.0 Å². The fourth-order valence-corrected chi connectivity index (χ4v) is 5.48. The van der Waals surface area contributed by atoms with Crippen molar-refractivity contribution in [3.05, 3.63) is 94.1 Å². The van der Waals surface area contributed by atoms with Gasteiger partial charge in [-0.3, -0.25) is 23.7 Å².